The molecule has 8 heteroatoms. The number of aromatic nitrogens is 3. The number of carbonyl (C=O) groups excluding carboxylic acids is 1. The Morgan fingerprint density at radius 2 is 1.84 bits per heavy atom. The van der Waals surface area contributed by atoms with Gasteiger partial charge in [-0.1, -0.05) is 49.9 Å². The zero-order valence-electron chi connectivity index (χ0n) is 19.3. The van der Waals surface area contributed by atoms with E-state index in [0.29, 0.717) is 16.9 Å². The van der Waals surface area contributed by atoms with Gasteiger partial charge >= 0.3 is 0 Å². The number of para-hydroxylation sites is 1. The minimum atomic E-state index is -0.403. The van der Waals surface area contributed by atoms with Gasteiger partial charge in [0.25, 0.3) is 0 Å². The third-order valence-electron chi connectivity index (χ3n) is 5.31. The van der Waals surface area contributed by atoms with E-state index in [1.165, 1.54) is 16.4 Å². The summed E-state index contributed by atoms with van der Waals surface area (Å²) >= 11 is 1.26. The van der Waals surface area contributed by atoms with E-state index in [9.17, 15) is 4.79 Å². The predicted octanol–water partition coefficient (Wildman–Crippen LogP) is 4.82. The van der Waals surface area contributed by atoms with Crippen molar-refractivity contribution < 1.29 is 9.53 Å². The van der Waals surface area contributed by atoms with Crippen molar-refractivity contribution in [1.29, 1.82) is 0 Å². The second kappa shape index (κ2) is 10.5. The number of rotatable bonds is 9. The van der Waals surface area contributed by atoms with Gasteiger partial charge in [-0.05, 0) is 68.0 Å². The molecule has 0 saturated heterocycles. The van der Waals surface area contributed by atoms with Crippen LogP contribution >= 0.6 is 11.8 Å². The summed E-state index contributed by atoms with van der Waals surface area (Å²) in [6.45, 7) is 10.3. The lowest BCUT2D eigenvalue weighted by atomic mass is 9.97. The Bertz CT molecular complexity index is 1060. The van der Waals surface area contributed by atoms with E-state index < -0.39 is 5.25 Å². The fourth-order valence-electron chi connectivity index (χ4n) is 3.36. The minimum absolute atomic E-state index is 0.109. The highest BCUT2D eigenvalue weighted by Gasteiger charge is 2.21. The highest BCUT2D eigenvalue weighted by Crippen LogP contribution is 2.28. The van der Waals surface area contributed by atoms with Crippen LogP contribution < -0.4 is 15.9 Å². The Labute approximate surface area is 193 Å². The molecular formula is C24H31N5O2S. The van der Waals surface area contributed by atoms with Crippen LogP contribution in [0.1, 0.15) is 55.6 Å². The molecule has 0 bridgehead atoms. The number of nitrogens with two attached hydrogens (primary N) is 1. The summed E-state index contributed by atoms with van der Waals surface area (Å²) in [6.07, 6.45) is 1.00. The van der Waals surface area contributed by atoms with E-state index in [4.69, 9.17) is 10.6 Å². The van der Waals surface area contributed by atoms with E-state index in [1.807, 2.05) is 51.1 Å². The van der Waals surface area contributed by atoms with Crippen LogP contribution in [0.3, 0.4) is 0 Å². The fraction of sp³-hybridized carbons (Fsp3) is 0.375. The molecule has 3 rings (SSSR count). The van der Waals surface area contributed by atoms with E-state index in [0.717, 1.165) is 34.5 Å². The molecule has 1 aromatic heterocycles. The number of hydrogen-bond donors (Lipinski definition) is 2. The van der Waals surface area contributed by atoms with Gasteiger partial charge in [0.2, 0.25) is 11.1 Å². The summed E-state index contributed by atoms with van der Waals surface area (Å²) in [7, 11) is 0. The average Bonchev–Trinajstić information content (AvgIpc) is 3.10. The molecule has 2 unspecified atom stereocenters. The summed E-state index contributed by atoms with van der Waals surface area (Å²) in [6, 6.07) is 13.9. The maximum atomic E-state index is 12.8. The number of amides is 1. The van der Waals surface area contributed by atoms with Gasteiger partial charge in [0, 0.05) is 5.69 Å². The third kappa shape index (κ3) is 5.82. The molecule has 0 aliphatic carbocycles. The van der Waals surface area contributed by atoms with Gasteiger partial charge in [-0.15, -0.1) is 10.2 Å². The number of hydrogen-bond acceptors (Lipinski definition) is 6. The Balaban J connectivity index is 1.63. The molecule has 1 amide bonds. The number of thioether (sulfide) groups is 1. The molecule has 3 aromatic rings. The van der Waals surface area contributed by atoms with E-state index >= 15 is 0 Å². The van der Waals surface area contributed by atoms with Gasteiger partial charge in [0.15, 0.2) is 5.82 Å². The summed E-state index contributed by atoms with van der Waals surface area (Å²) in [5.41, 5.74) is 4.23. The maximum Gasteiger partial charge on any atom is 0.237 e. The minimum Gasteiger partial charge on any atom is -0.486 e. The van der Waals surface area contributed by atoms with E-state index in [2.05, 4.69) is 41.5 Å². The smallest absolute Gasteiger partial charge is 0.237 e. The van der Waals surface area contributed by atoms with Gasteiger partial charge in [0.05, 0.1) is 5.25 Å². The summed E-state index contributed by atoms with van der Waals surface area (Å²) < 4.78 is 7.21. The number of aryl methyl sites for hydroxylation is 2. The standard InChI is InChI=1S/C24H31N5O2S/c1-6-17(4)20-9-7-8-10-21(20)26-23(30)18(5)32-24-28-27-22(29(24)25)14-31-19-12-15(2)11-16(3)13-19/h7-13,17-18H,6,14,25H2,1-5H3,(H,26,30). The molecule has 2 atom stereocenters. The van der Waals surface area contributed by atoms with Crippen LogP contribution in [0.4, 0.5) is 5.69 Å². The Kier molecular flexibility index (Phi) is 7.80. The lowest BCUT2D eigenvalue weighted by Crippen LogP contribution is -2.24. The van der Waals surface area contributed by atoms with Gasteiger partial charge in [-0.2, -0.15) is 0 Å². The normalized spacial score (nSPS) is 12.9. The predicted molar refractivity (Wildman–Crippen MR) is 130 cm³/mol. The average molecular weight is 454 g/mol. The molecule has 3 N–H and O–H groups in total. The van der Waals surface area contributed by atoms with Crippen molar-refractivity contribution in [1.82, 2.24) is 14.9 Å². The van der Waals surface area contributed by atoms with Gasteiger partial charge in [-0.25, -0.2) is 4.68 Å². The largest absolute Gasteiger partial charge is 0.486 e. The SMILES string of the molecule is CCC(C)c1ccccc1NC(=O)C(C)Sc1nnc(COc2cc(C)cc(C)c2)n1N. The van der Waals surface area contributed by atoms with Crippen molar-refractivity contribution in [3.63, 3.8) is 0 Å². The van der Waals surface area contributed by atoms with E-state index in [1.54, 1.807) is 0 Å². The molecule has 0 spiro atoms. The molecule has 7 nitrogen and oxygen atoms in total. The van der Waals surface area contributed by atoms with Crippen molar-refractivity contribution in [2.45, 2.75) is 64.0 Å². The molecular weight excluding hydrogens is 422 g/mol. The van der Waals surface area contributed by atoms with Crippen LogP contribution in [-0.4, -0.2) is 26.0 Å². The van der Waals surface area contributed by atoms with Crippen molar-refractivity contribution in [3.8, 4) is 5.75 Å². The highest BCUT2D eigenvalue weighted by atomic mass is 32.2. The number of benzene rings is 2. The van der Waals surface area contributed by atoms with Crippen LogP contribution in [0.15, 0.2) is 47.6 Å². The maximum absolute atomic E-state index is 12.8. The topological polar surface area (TPSA) is 95.1 Å². The third-order valence-corrected chi connectivity index (χ3v) is 6.37. The van der Waals surface area contributed by atoms with Crippen LogP contribution in [-0.2, 0) is 11.4 Å². The van der Waals surface area contributed by atoms with Gasteiger partial charge < -0.3 is 15.9 Å². The molecule has 2 aromatic carbocycles. The highest BCUT2D eigenvalue weighted by molar-refractivity contribution is 8.00. The number of ether oxygens (including phenoxy) is 1. The monoisotopic (exact) mass is 453 g/mol. The van der Waals surface area contributed by atoms with Crippen LogP contribution in [0.2, 0.25) is 0 Å². The first-order chi connectivity index (χ1) is 15.3. The first-order valence-electron chi connectivity index (χ1n) is 10.7. The number of nitrogens with zero attached hydrogens (tertiary/aromatic N) is 3. The zero-order valence-corrected chi connectivity index (χ0v) is 20.1. The molecule has 0 radical (unpaired) electrons. The lowest BCUT2D eigenvalue weighted by Gasteiger charge is -2.17. The second-order valence-electron chi connectivity index (χ2n) is 8.03. The van der Waals surface area contributed by atoms with Crippen LogP contribution in [0.5, 0.6) is 5.75 Å². The summed E-state index contributed by atoms with van der Waals surface area (Å²) in [5, 5.41) is 11.4. The number of carbonyl (C=O) groups is 1. The molecule has 32 heavy (non-hydrogen) atoms. The molecule has 1 heterocycles. The Hall–Kier alpha value is -3.00. The van der Waals surface area contributed by atoms with Crippen LogP contribution in [0, 0.1) is 13.8 Å². The molecule has 170 valence electrons. The Morgan fingerprint density at radius 1 is 1.16 bits per heavy atom. The van der Waals surface area contributed by atoms with Crippen LogP contribution in [0.25, 0.3) is 0 Å². The Morgan fingerprint density at radius 3 is 2.53 bits per heavy atom. The van der Waals surface area contributed by atoms with E-state index in [-0.39, 0.29) is 12.5 Å². The fourth-order valence-corrected chi connectivity index (χ4v) is 4.15. The molecule has 0 aliphatic heterocycles. The quantitative estimate of drug-likeness (QED) is 0.356. The second-order valence-corrected chi connectivity index (χ2v) is 9.33. The van der Waals surface area contributed by atoms with Gasteiger partial charge in [-0.3, -0.25) is 4.79 Å². The molecule has 0 fully saturated rings. The summed E-state index contributed by atoms with van der Waals surface area (Å²) in [5.74, 6) is 7.67. The number of anilines is 1. The first-order valence-corrected chi connectivity index (χ1v) is 11.6. The van der Waals surface area contributed by atoms with Crippen molar-refractivity contribution >= 4 is 23.4 Å². The summed E-state index contributed by atoms with van der Waals surface area (Å²) in [4.78, 5) is 12.8. The molecule has 0 aliphatic rings. The first kappa shape index (κ1) is 23.7. The zero-order chi connectivity index (χ0) is 23.3. The van der Waals surface area contributed by atoms with Crippen molar-refractivity contribution in [2.75, 3.05) is 11.2 Å². The lowest BCUT2D eigenvalue weighted by molar-refractivity contribution is -0.115. The number of nitrogens with one attached hydrogen (secondary N) is 1. The molecule has 0 saturated carbocycles. The van der Waals surface area contributed by atoms with Crippen molar-refractivity contribution in [3.05, 3.63) is 65.0 Å². The van der Waals surface area contributed by atoms with Gasteiger partial charge in [0.1, 0.15) is 12.4 Å². The number of nitrogen functional groups attached to an aromatic ring is 1. The van der Waals surface area contributed by atoms with Crippen molar-refractivity contribution in [2.24, 2.45) is 0 Å².